The van der Waals surface area contributed by atoms with Crippen LogP contribution in [0, 0.1) is 11.3 Å². The Bertz CT molecular complexity index is 252. The molecular formula is C15H30N2O. The van der Waals surface area contributed by atoms with E-state index >= 15 is 0 Å². The summed E-state index contributed by atoms with van der Waals surface area (Å²) in [6, 6.07) is 0.277. The van der Waals surface area contributed by atoms with E-state index in [9.17, 15) is 4.79 Å². The minimum absolute atomic E-state index is 0.105. The molecule has 0 saturated heterocycles. The number of hydrogen-bond acceptors (Lipinski definition) is 2. The number of amides is 1. The first-order valence-corrected chi connectivity index (χ1v) is 7.43. The van der Waals surface area contributed by atoms with Crippen LogP contribution in [0.2, 0.25) is 0 Å². The van der Waals surface area contributed by atoms with E-state index in [1.165, 1.54) is 32.1 Å². The summed E-state index contributed by atoms with van der Waals surface area (Å²) in [5.74, 6) is 0.898. The smallest absolute Gasteiger partial charge is 0.221 e. The van der Waals surface area contributed by atoms with Crippen molar-refractivity contribution < 1.29 is 4.79 Å². The van der Waals surface area contributed by atoms with Gasteiger partial charge in [-0.2, -0.15) is 0 Å². The molecule has 0 aromatic rings. The molecule has 0 bridgehead atoms. The standard InChI is InChI=1S/C15H30N2O/c1-15(2,3)13(17-14(18)9-10-16)11-12-7-5-4-6-8-12/h12-13H,4-11,16H2,1-3H3,(H,17,18). The molecule has 0 aliphatic heterocycles. The molecule has 1 atom stereocenters. The molecule has 18 heavy (non-hydrogen) atoms. The highest BCUT2D eigenvalue weighted by atomic mass is 16.1. The molecule has 1 aliphatic carbocycles. The normalized spacial score (nSPS) is 19.6. The lowest BCUT2D eigenvalue weighted by atomic mass is 9.77. The van der Waals surface area contributed by atoms with Gasteiger partial charge in [0.15, 0.2) is 0 Å². The zero-order valence-corrected chi connectivity index (χ0v) is 12.3. The van der Waals surface area contributed by atoms with Gasteiger partial charge in [0.2, 0.25) is 5.91 Å². The van der Waals surface area contributed by atoms with Crippen LogP contribution in [0.4, 0.5) is 0 Å². The lowest BCUT2D eigenvalue weighted by molar-refractivity contribution is -0.122. The molecule has 1 fully saturated rings. The van der Waals surface area contributed by atoms with Crippen LogP contribution in [0.3, 0.4) is 0 Å². The number of carbonyl (C=O) groups excluding carboxylic acids is 1. The number of rotatable bonds is 5. The highest BCUT2D eigenvalue weighted by Gasteiger charge is 2.29. The van der Waals surface area contributed by atoms with E-state index in [0.717, 1.165) is 12.3 Å². The lowest BCUT2D eigenvalue weighted by Crippen LogP contribution is -2.45. The Morgan fingerprint density at radius 3 is 2.39 bits per heavy atom. The lowest BCUT2D eigenvalue weighted by Gasteiger charge is -2.35. The van der Waals surface area contributed by atoms with Crippen LogP contribution in [-0.4, -0.2) is 18.5 Å². The van der Waals surface area contributed by atoms with Crippen LogP contribution >= 0.6 is 0 Å². The van der Waals surface area contributed by atoms with Gasteiger partial charge in [-0.1, -0.05) is 52.9 Å². The van der Waals surface area contributed by atoms with E-state index in [2.05, 4.69) is 26.1 Å². The van der Waals surface area contributed by atoms with Gasteiger partial charge < -0.3 is 11.1 Å². The van der Waals surface area contributed by atoms with Crippen LogP contribution in [0.1, 0.15) is 65.7 Å². The molecule has 0 heterocycles. The zero-order chi connectivity index (χ0) is 13.6. The highest BCUT2D eigenvalue weighted by Crippen LogP contribution is 2.32. The van der Waals surface area contributed by atoms with Crippen LogP contribution in [0.15, 0.2) is 0 Å². The second-order valence-corrected chi connectivity index (χ2v) is 6.76. The summed E-state index contributed by atoms with van der Waals surface area (Å²) in [5, 5.41) is 3.19. The van der Waals surface area contributed by atoms with Gasteiger partial charge in [-0.15, -0.1) is 0 Å². The minimum Gasteiger partial charge on any atom is -0.353 e. The van der Waals surface area contributed by atoms with Crippen molar-refractivity contribution in [1.29, 1.82) is 0 Å². The molecule has 0 aromatic heterocycles. The molecule has 0 radical (unpaired) electrons. The maximum absolute atomic E-state index is 11.8. The molecule has 1 amide bonds. The van der Waals surface area contributed by atoms with Crippen molar-refractivity contribution in [3.63, 3.8) is 0 Å². The Morgan fingerprint density at radius 2 is 1.89 bits per heavy atom. The fraction of sp³-hybridized carbons (Fsp3) is 0.933. The maximum Gasteiger partial charge on any atom is 0.221 e. The molecule has 1 saturated carbocycles. The Balaban J connectivity index is 2.52. The molecule has 3 heteroatoms. The van der Waals surface area contributed by atoms with E-state index in [4.69, 9.17) is 5.73 Å². The van der Waals surface area contributed by atoms with E-state index in [1.54, 1.807) is 0 Å². The van der Waals surface area contributed by atoms with Gasteiger partial charge >= 0.3 is 0 Å². The molecule has 1 aliphatic rings. The van der Waals surface area contributed by atoms with E-state index in [0.29, 0.717) is 13.0 Å². The summed E-state index contributed by atoms with van der Waals surface area (Å²) in [6.45, 7) is 7.07. The average molecular weight is 254 g/mol. The molecule has 0 aromatic carbocycles. The topological polar surface area (TPSA) is 55.1 Å². The summed E-state index contributed by atoms with van der Waals surface area (Å²) in [6.07, 6.45) is 8.34. The summed E-state index contributed by atoms with van der Waals surface area (Å²) < 4.78 is 0. The molecule has 0 spiro atoms. The van der Waals surface area contributed by atoms with Crippen LogP contribution < -0.4 is 11.1 Å². The Hall–Kier alpha value is -0.570. The van der Waals surface area contributed by atoms with Crippen molar-refractivity contribution in [2.75, 3.05) is 6.54 Å². The van der Waals surface area contributed by atoms with E-state index in [1.807, 2.05) is 0 Å². The quantitative estimate of drug-likeness (QED) is 0.792. The third-order valence-electron chi connectivity index (χ3n) is 4.05. The van der Waals surface area contributed by atoms with Gasteiger partial charge in [0.1, 0.15) is 0 Å². The van der Waals surface area contributed by atoms with Crippen molar-refractivity contribution in [1.82, 2.24) is 5.32 Å². The highest BCUT2D eigenvalue weighted by molar-refractivity contribution is 5.76. The Kier molecular flexibility index (Phi) is 6.13. The van der Waals surface area contributed by atoms with Gasteiger partial charge in [0.25, 0.3) is 0 Å². The first kappa shape index (κ1) is 15.5. The number of nitrogens with one attached hydrogen (secondary N) is 1. The van der Waals surface area contributed by atoms with Crippen molar-refractivity contribution in [2.24, 2.45) is 17.1 Å². The van der Waals surface area contributed by atoms with E-state index in [-0.39, 0.29) is 17.4 Å². The second-order valence-electron chi connectivity index (χ2n) is 6.76. The summed E-state index contributed by atoms with van der Waals surface area (Å²) in [4.78, 5) is 11.8. The summed E-state index contributed by atoms with van der Waals surface area (Å²) in [5.41, 5.74) is 5.56. The molecule has 3 nitrogen and oxygen atoms in total. The van der Waals surface area contributed by atoms with Crippen LogP contribution in [0.5, 0.6) is 0 Å². The van der Waals surface area contributed by atoms with Gasteiger partial charge in [-0.25, -0.2) is 0 Å². The third-order valence-corrected chi connectivity index (χ3v) is 4.05. The minimum atomic E-state index is 0.105. The summed E-state index contributed by atoms with van der Waals surface area (Å²) in [7, 11) is 0. The average Bonchev–Trinajstić information content (AvgIpc) is 2.28. The predicted molar refractivity (Wildman–Crippen MR) is 76.2 cm³/mol. The van der Waals surface area contributed by atoms with E-state index < -0.39 is 0 Å². The molecule has 1 rings (SSSR count). The largest absolute Gasteiger partial charge is 0.353 e. The monoisotopic (exact) mass is 254 g/mol. The first-order valence-electron chi connectivity index (χ1n) is 7.43. The predicted octanol–water partition coefficient (Wildman–Crippen LogP) is 2.84. The van der Waals surface area contributed by atoms with Crippen LogP contribution in [-0.2, 0) is 4.79 Å². The van der Waals surface area contributed by atoms with Gasteiger partial charge in [-0.3, -0.25) is 4.79 Å². The number of hydrogen-bond donors (Lipinski definition) is 2. The molecular weight excluding hydrogens is 224 g/mol. The molecule has 1 unspecified atom stereocenters. The fourth-order valence-corrected chi connectivity index (χ4v) is 2.78. The second kappa shape index (κ2) is 7.13. The maximum atomic E-state index is 11.8. The van der Waals surface area contributed by atoms with Crippen molar-refractivity contribution in [3.05, 3.63) is 0 Å². The number of carbonyl (C=O) groups is 1. The van der Waals surface area contributed by atoms with Gasteiger partial charge in [-0.05, 0) is 17.8 Å². The Labute approximate surface area is 112 Å². The number of nitrogens with two attached hydrogens (primary N) is 1. The fourth-order valence-electron chi connectivity index (χ4n) is 2.78. The van der Waals surface area contributed by atoms with Gasteiger partial charge in [0, 0.05) is 19.0 Å². The molecule has 106 valence electrons. The first-order chi connectivity index (χ1) is 8.43. The van der Waals surface area contributed by atoms with Crippen molar-refractivity contribution in [2.45, 2.75) is 71.8 Å². The van der Waals surface area contributed by atoms with Crippen molar-refractivity contribution in [3.8, 4) is 0 Å². The summed E-state index contributed by atoms with van der Waals surface area (Å²) >= 11 is 0. The SMILES string of the molecule is CC(C)(C)C(CC1CCCCC1)NC(=O)CCN. The Morgan fingerprint density at radius 1 is 1.28 bits per heavy atom. The third kappa shape index (κ3) is 5.38. The van der Waals surface area contributed by atoms with Crippen LogP contribution in [0.25, 0.3) is 0 Å². The zero-order valence-electron chi connectivity index (χ0n) is 12.3. The van der Waals surface area contributed by atoms with Gasteiger partial charge in [0.05, 0.1) is 0 Å². The molecule has 3 N–H and O–H groups in total. The van der Waals surface area contributed by atoms with Crippen molar-refractivity contribution >= 4 is 5.91 Å².